The minimum absolute atomic E-state index is 0.257. The van der Waals surface area contributed by atoms with Gasteiger partial charge in [0.05, 0.1) is 5.69 Å². The molecule has 0 atom stereocenters. The number of oxazole rings is 1. The van der Waals surface area contributed by atoms with E-state index in [1.54, 1.807) is 19.1 Å². The van der Waals surface area contributed by atoms with Crippen LogP contribution >= 0.6 is 0 Å². The number of benzene rings is 1. The lowest BCUT2D eigenvalue weighted by Crippen LogP contribution is -1.84. The van der Waals surface area contributed by atoms with E-state index in [0.717, 1.165) is 11.3 Å². The highest BCUT2D eigenvalue weighted by Gasteiger charge is 2.06. The van der Waals surface area contributed by atoms with Gasteiger partial charge in [-0.3, -0.25) is 0 Å². The van der Waals surface area contributed by atoms with E-state index in [-0.39, 0.29) is 5.82 Å². The minimum atomic E-state index is -0.257. The summed E-state index contributed by atoms with van der Waals surface area (Å²) in [6.07, 6.45) is 0. The normalized spacial score (nSPS) is 10.9. The van der Waals surface area contributed by atoms with E-state index in [4.69, 9.17) is 4.42 Å². The van der Waals surface area contributed by atoms with Crippen LogP contribution in [0, 0.1) is 12.7 Å². The molecule has 0 amide bonds. The first kappa shape index (κ1) is 9.96. The number of hydrogen-bond acceptors (Lipinski definition) is 3. The summed E-state index contributed by atoms with van der Waals surface area (Å²) in [4.78, 5) is 8.53. The van der Waals surface area contributed by atoms with Gasteiger partial charge in [0, 0.05) is 12.5 Å². The molecule has 0 fully saturated rings. The van der Waals surface area contributed by atoms with Gasteiger partial charge in [0.25, 0.3) is 0 Å². The number of pyridine rings is 1. The molecule has 0 saturated heterocycles. The van der Waals surface area contributed by atoms with Crippen LogP contribution in [-0.2, 0) is 0 Å². The van der Waals surface area contributed by atoms with Crippen molar-refractivity contribution in [3.63, 3.8) is 0 Å². The predicted molar refractivity (Wildman–Crippen MR) is 61.9 cm³/mol. The molecule has 84 valence electrons. The third-order valence-electron chi connectivity index (χ3n) is 2.50. The molecule has 3 rings (SSSR count). The van der Waals surface area contributed by atoms with Crippen molar-refractivity contribution in [1.29, 1.82) is 0 Å². The van der Waals surface area contributed by atoms with Crippen LogP contribution in [0.25, 0.3) is 22.5 Å². The Hall–Kier alpha value is -2.23. The second-order valence-electron chi connectivity index (χ2n) is 3.76. The Morgan fingerprint density at radius 1 is 1.00 bits per heavy atom. The lowest BCUT2D eigenvalue weighted by Gasteiger charge is -1.99. The van der Waals surface area contributed by atoms with Crippen molar-refractivity contribution in [3.8, 4) is 11.3 Å². The smallest absolute Gasteiger partial charge is 0.199 e. The van der Waals surface area contributed by atoms with Gasteiger partial charge in [-0.1, -0.05) is 0 Å². The zero-order valence-electron chi connectivity index (χ0n) is 9.14. The summed E-state index contributed by atoms with van der Waals surface area (Å²) in [6.45, 7) is 1.78. The number of fused-ring (bicyclic) bond motifs is 1. The Labute approximate surface area is 96.9 Å². The summed E-state index contributed by atoms with van der Waals surface area (Å²) < 4.78 is 18.2. The predicted octanol–water partition coefficient (Wildman–Crippen LogP) is 3.34. The quantitative estimate of drug-likeness (QED) is 0.641. The molecule has 17 heavy (non-hydrogen) atoms. The van der Waals surface area contributed by atoms with Crippen molar-refractivity contribution in [2.75, 3.05) is 0 Å². The molecule has 2 aromatic heterocycles. The van der Waals surface area contributed by atoms with E-state index in [1.807, 2.05) is 12.1 Å². The number of hydrogen-bond donors (Lipinski definition) is 0. The van der Waals surface area contributed by atoms with Gasteiger partial charge in [-0.2, -0.15) is 4.98 Å². The van der Waals surface area contributed by atoms with Gasteiger partial charge in [0.1, 0.15) is 5.82 Å². The van der Waals surface area contributed by atoms with E-state index in [1.165, 1.54) is 12.1 Å². The Bertz CT molecular complexity index is 673. The van der Waals surface area contributed by atoms with Crippen LogP contribution in [0.15, 0.2) is 40.8 Å². The van der Waals surface area contributed by atoms with Gasteiger partial charge >= 0.3 is 0 Å². The number of aryl methyl sites for hydroxylation is 1. The van der Waals surface area contributed by atoms with Gasteiger partial charge < -0.3 is 4.42 Å². The maximum Gasteiger partial charge on any atom is 0.199 e. The molecule has 0 N–H and O–H groups in total. The van der Waals surface area contributed by atoms with E-state index in [2.05, 4.69) is 9.97 Å². The molecule has 0 aliphatic rings. The highest BCUT2D eigenvalue weighted by Crippen LogP contribution is 2.21. The number of nitrogens with zero attached hydrogens (tertiary/aromatic N) is 2. The number of halogens is 1. The molecule has 4 heteroatoms. The summed E-state index contributed by atoms with van der Waals surface area (Å²) >= 11 is 0. The first-order valence-electron chi connectivity index (χ1n) is 5.22. The van der Waals surface area contributed by atoms with Crippen LogP contribution in [0.2, 0.25) is 0 Å². The van der Waals surface area contributed by atoms with Gasteiger partial charge in [-0.05, 0) is 36.4 Å². The van der Waals surface area contributed by atoms with E-state index < -0.39 is 0 Å². The second-order valence-corrected chi connectivity index (χ2v) is 3.76. The molecule has 0 spiro atoms. The van der Waals surface area contributed by atoms with Crippen molar-refractivity contribution in [2.24, 2.45) is 0 Å². The SMILES string of the molecule is Cc1nc2nc(-c3ccc(F)cc3)ccc2o1. The number of rotatable bonds is 1. The summed E-state index contributed by atoms with van der Waals surface area (Å²) in [5.41, 5.74) is 2.84. The van der Waals surface area contributed by atoms with Crippen molar-refractivity contribution in [2.45, 2.75) is 6.92 Å². The van der Waals surface area contributed by atoms with Crippen LogP contribution < -0.4 is 0 Å². The fourth-order valence-corrected chi connectivity index (χ4v) is 1.71. The average Bonchev–Trinajstić information content (AvgIpc) is 2.69. The largest absolute Gasteiger partial charge is 0.439 e. The van der Waals surface area contributed by atoms with E-state index in [9.17, 15) is 4.39 Å². The molecule has 0 aliphatic heterocycles. The Balaban J connectivity index is 2.13. The standard InChI is InChI=1S/C13H9FN2O/c1-8-15-13-12(17-8)7-6-11(16-13)9-2-4-10(14)5-3-9/h2-7H,1H3. The summed E-state index contributed by atoms with van der Waals surface area (Å²) in [6, 6.07) is 9.86. The topological polar surface area (TPSA) is 38.9 Å². The van der Waals surface area contributed by atoms with Gasteiger partial charge in [-0.15, -0.1) is 0 Å². The molecule has 0 unspecified atom stereocenters. The maximum absolute atomic E-state index is 12.8. The monoisotopic (exact) mass is 228 g/mol. The molecule has 0 radical (unpaired) electrons. The third kappa shape index (κ3) is 1.78. The minimum Gasteiger partial charge on any atom is -0.439 e. The molecular weight excluding hydrogens is 219 g/mol. The van der Waals surface area contributed by atoms with Crippen molar-refractivity contribution in [1.82, 2.24) is 9.97 Å². The molecule has 2 heterocycles. The highest BCUT2D eigenvalue weighted by atomic mass is 19.1. The van der Waals surface area contributed by atoms with Crippen molar-refractivity contribution >= 4 is 11.2 Å². The van der Waals surface area contributed by atoms with Crippen LogP contribution in [0.5, 0.6) is 0 Å². The molecule has 0 saturated carbocycles. The maximum atomic E-state index is 12.8. The molecule has 0 bridgehead atoms. The van der Waals surface area contributed by atoms with Crippen LogP contribution in [0.1, 0.15) is 5.89 Å². The van der Waals surface area contributed by atoms with Gasteiger partial charge in [-0.25, -0.2) is 9.37 Å². The first-order chi connectivity index (χ1) is 8.22. The van der Waals surface area contributed by atoms with Gasteiger partial charge in [0.15, 0.2) is 17.1 Å². The molecule has 1 aromatic carbocycles. The summed E-state index contributed by atoms with van der Waals surface area (Å²) in [7, 11) is 0. The lowest BCUT2D eigenvalue weighted by atomic mass is 10.1. The molecule has 3 nitrogen and oxygen atoms in total. The molecular formula is C13H9FN2O. The molecule has 3 aromatic rings. The van der Waals surface area contributed by atoms with Crippen molar-refractivity contribution in [3.05, 3.63) is 48.1 Å². The number of aromatic nitrogens is 2. The second kappa shape index (κ2) is 3.66. The van der Waals surface area contributed by atoms with Crippen LogP contribution in [-0.4, -0.2) is 9.97 Å². The lowest BCUT2D eigenvalue weighted by molar-refractivity contribution is 0.561. The zero-order valence-corrected chi connectivity index (χ0v) is 9.14. The van der Waals surface area contributed by atoms with E-state index >= 15 is 0 Å². The fourth-order valence-electron chi connectivity index (χ4n) is 1.71. The Morgan fingerprint density at radius 2 is 1.76 bits per heavy atom. The molecule has 0 aliphatic carbocycles. The average molecular weight is 228 g/mol. The van der Waals surface area contributed by atoms with Gasteiger partial charge in [0.2, 0.25) is 0 Å². The highest BCUT2D eigenvalue weighted by molar-refractivity contribution is 5.73. The Kier molecular flexibility index (Phi) is 2.14. The van der Waals surface area contributed by atoms with Crippen molar-refractivity contribution < 1.29 is 8.81 Å². The third-order valence-corrected chi connectivity index (χ3v) is 2.50. The van der Waals surface area contributed by atoms with E-state index in [0.29, 0.717) is 17.1 Å². The van der Waals surface area contributed by atoms with Crippen LogP contribution in [0.4, 0.5) is 4.39 Å². The zero-order chi connectivity index (χ0) is 11.8. The first-order valence-corrected chi connectivity index (χ1v) is 5.22. The Morgan fingerprint density at radius 3 is 2.53 bits per heavy atom. The summed E-state index contributed by atoms with van der Waals surface area (Å²) in [5, 5.41) is 0. The summed E-state index contributed by atoms with van der Waals surface area (Å²) in [5.74, 6) is 0.330. The van der Waals surface area contributed by atoms with Crippen LogP contribution in [0.3, 0.4) is 0 Å². The fraction of sp³-hybridized carbons (Fsp3) is 0.0769.